The van der Waals surface area contributed by atoms with Crippen LogP contribution in [0.15, 0.2) is 24.3 Å². The van der Waals surface area contributed by atoms with Crippen LogP contribution in [0.4, 0.5) is 0 Å². The summed E-state index contributed by atoms with van der Waals surface area (Å²) in [7, 11) is 0. The van der Waals surface area contributed by atoms with E-state index in [9.17, 15) is 0 Å². The second kappa shape index (κ2) is 7.60. The van der Waals surface area contributed by atoms with Gasteiger partial charge in [0, 0.05) is 11.9 Å². The summed E-state index contributed by atoms with van der Waals surface area (Å²) < 4.78 is 0. The second-order valence-corrected chi connectivity index (χ2v) is 2.83. The van der Waals surface area contributed by atoms with Crippen molar-refractivity contribution in [3.8, 4) is 6.07 Å². The first-order valence-electron chi connectivity index (χ1n) is 4.00. The van der Waals surface area contributed by atoms with E-state index in [0.29, 0.717) is 6.54 Å². The van der Waals surface area contributed by atoms with Gasteiger partial charge in [0.2, 0.25) is 0 Å². The van der Waals surface area contributed by atoms with E-state index in [1.54, 1.807) is 6.07 Å². The minimum Gasteiger partial charge on any atom is -0.330 e. The van der Waals surface area contributed by atoms with Crippen molar-refractivity contribution >= 4 is 11.6 Å². The normalized spacial score (nSPS) is 8.15. The average Bonchev–Trinajstić information content (AvgIpc) is 2.11. The van der Waals surface area contributed by atoms with Crippen molar-refractivity contribution in [2.75, 3.05) is 6.54 Å². The largest absolute Gasteiger partial charge is 0.330 e. The number of hydrogen-bond donors (Lipinski definition) is 1. The molecule has 0 fully saturated rings. The van der Waals surface area contributed by atoms with Crippen molar-refractivity contribution in [2.24, 2.45) is 5.73 Å². The molecule has 1 rings (SSSR count). The van der Waals surface area contributed by atoms with Gasteiger partial charge < -0.3 is 5.73 Å². The average molecular weight is 197 g/mol. The van der Waals surface area contributed by atoms with Crippen LogP contribution in [0.1, 0.15) is 12.5 Å². The van der Waals surface area contributed by atoms with Crippen molar-refractivity contribution in [3.63, 3.8) is 0 Å². The van der Waals surface area contributed by atoms with Crippen LogP contribution in [-0.2, 0) is 6.42 Å². The molecule has 3 heteroatoms. The molecular formula is C10H13ClN2. The van der Waals surface area contributed by atoms with Gasteiger partial charge in [0.05, 0.1) is 6.07 Å². The van der Waals surface area contributed by atoms with E-state index in [-0.39, 0.29) is 0 Å². The summed E-state index contributed by atoms with van der Waals surface area (Å²) in [5, 5.41) is 8.10. The number of halogens is 1. The van der Waals surface area contributed by atoms with E-state index in [2.05, 4.69) is 0 Å². The summed E-state index contributed by atoms with van der Waals surface area (Å²) >= 11 is 5.68. The summed E-state index contributed by atoms with van der Waals surface area (Å²) in [4.78, 5) is 0. The molecule has 0 aliphatic rings. The van der Waals surface area contributed by atoms with Gasteiger partial charge in [-0.2, -0.15) is 5.26 Å². The molecule has 0 radical (unpaired) electrons. The lowest BCUT2D eigenvalue weighted by Crippen LogP contribution is -2.01. The molecule has 0 unspecified atom stereocenters. The predicted molar refractivity (Wildman–Crippen MR) is 55.5 cm³/mol. The lowest BCUT2D eigenvalue weighted by molar-refractivity contribution is 0.969. The Kier molecular flexibility index (Phi) is 6.99. The van der Waals surface area contributed by atoms with E-state index in [0.717, 1.165) is 11.4 Å². The Balaban J connectivity index is 0.000000424. The highest BCUT2D eigenvalue weighted by Gasteiger charge is 1.89. The Labute approximate surface area is 83.9 Å². The third-order valence-corrected chi connectivity index (χ3v) is 1.60. The number of nitriles is 1. The van der Waals surface area contributed by atoms with Crippen LogP contribution < -0.4 is 5.73 Å². The topological polar surface area (TPSA) is 49.8 Å². The van der Waals surface area contributed by atoms with Gasteiger partial charge in [-0.05, 0) is 30.7 Å². The molecule has 0 bridgehead atoms. The molecule has 1 aromatic rings. The Hall–Kier alpha value is -1.04. The number of nitrogens with two attached hydrogens (primary N) is 1. The van der Waals surface area contributed by atoms with Crippen LogP contribution in [-0.4, -0.2) is 6.54 Å². The van der Waals surface area contributed by atoms with Crippen molar-refractivity contribution < 1.29 is 0 Å². The van der Waals surface area contributed by atoms with Crippen LogP contribution in [0.25, 0.3) is 0 Å². The fourth-order valence-electron chi connectivity index (χ4n) is 0.818. The molecule has 0 saturated heterocycles. The van der Waals surface area contributed by atoms with Gasteiger partial charge in [0.25, 0.3) is 0 Å². The lowest BCUT2D eigenvalue weighted by atomic mass is 10.2. The second-order valence-electron chi connectivity index (χ2n) is 2.39. The number of rotatable bonds is 2. The van der Waals surface area contributed by atoms with Gasteiger partial charge in [-0.25, -0.2) is 0 Å². The summed E-state index contributed by atoms with van der Waals surface area (Å²) in [5.41, 5.74) is 6.61. The quantitative estimate of drug-likeness (QED) is 0.790. The van der Waals surface area contributed by atoms with Gasteiger partial charge in [0.1, 0.15) is 0 Å². The van der Waals surface area contributed by atoms with Crippen molar-refractivity contribution in [2.45, 2.75) is 13.3 Å². The van der Waals surface area contributed by atoms with E-state index >= 15 is 0 Å². The smallest absolute Gasteiger partial charge is 0.0587 e. The van der Waals surface area contributed by atoms with Gasteiger partial charge in [-0.1, -0.05) is 23.7 Å². The van der Waals surface area contributed by atoms with E-state index in [1.807, 2.05) is 24.3 Å². The maximum Gasteiger partial charge on any atom is 0.0587 e. The summed E-state index contributed by atoms with van der Waals surface area (Å²) in [6, 6.07) is 9.50. The van der Waals surface area contributed by atoms with Crippen LogP contribution in [0.5, 0.6) is 0 Å². The SMILES string of the molecule is CC#N.NCCc1ccc(Cl)cc1. The Bertz CT molecular complexity index is 261. The zero-order valence-electron chi connectivity index (χ0n) is 7.63. The van der Waals surface area contributed by atoms with Gasteiger partial charge in [0.15, 0.2) is 0 Å². The van der Waals surface area contributed by atoms with Crippen molar-refractivity contribution in [1.29, 1.82) is 5.26 Å². The monoisotopic (exact) mass is 196 g/mol. The minimum absolute atomic E-state index is 0.696. The number of nitrogens with zero attached hydrogens (tertiary/aromatic N) is 1. The van der Waals surface area contributed by atoms with Crippen LogP contribution in [0.2, 0.25) is 5.02 Å². The minimum atomic E-state index is 0.696. The first-order chi connectivity index (χ1) is 6.24. The summed E-state index contributed by atoms with van der Waals surface area (Å²) in [6.45, 7) is 2.13. The molecule has 13 heavy (non-hydrogen) atoms. The zero-order valence-corrected chi connectivity index (χ0v) is 8.38. The maximum atomic E-state index is 7.32. The van der Waals surface area contributed by atoms with Gasteiger partial charge in [-0.15, -0.1) is 0 Å². The molecule has 2 nitrogen and oxygen atoms in total. The van der Waals surface area contributed by atoms with Crippen LogP contribution >= 0.6 is 11.6 Å². The lowest BCUT2D eigenvalue weighted by Gasteiger charge is -1.96. The third kappa shape index (κ3) is 6.15. The Morgan fingerprint density at radius 3 is 2.23 bits per heavy atom. The van der Waals surface area contributed by atoms with Gasteiger partial charge in [-0.3, -0.25) is 0 Å². The Morgan fingerprint density at radius 1 is 1.38 bits per heavy atom. The first-order valence-corrected chi connectivity index (χ1v) is 4.37. The van der Waals surface area contributed by atoms with Crippen LogP contribution in [0, 0.1) is 11.3 Å². The van der Waals surface area contributed by atoms with Crippen LogP contribution in [0.3, 0.4) is 0 Å². The fourth-order valence-corrected chi connectivity index (χ4v) is 0.944. The maximum absolute atomic E-state index is 7.32. The molecule has 70 valence electrons. The van der Waals surface area contributed by atoms with E-state index in [4.69, 9.17) is 22.6 Å². The Morgan fingerprint density at radius 2 is 1.85 bits per heavy atom. The van der Waals surface area contributed by atoms with Crippen molar-refractivity contribution in [3.05, 3.63) is 34.9 Å². The van der Waals surface area contributed by atoms with Crippen molar-refractivity contribution in [1.82, 2.24) is 0 Å². The molecule has 2 N–H and O–H groups in total. The third-order valence-electron chi connectivity index (χ3n) is 1.35. The number of hydrogen-bond acceptors (Lipinski definition) is 2. The highest BCUT2D eigenvalue weighted by atomic mass is 35.5. The molecule has 0 saturated carbocycles. The highest BCUT2D eigenvalue weighted by molar-refractivity contribution is 6.30. The predicted octanol–water partition coefficient (Wildman–Crippen LogP) is 2.37. The molecule has 0 aliphatic carbocycles. The molecule has 0 spiro atoms. The van der Waals surface area contributed by atoms with E-state index in [1.165, 1.54) is 12.5 Å². The zero-order chi connectivity index (χ0) is 10.1. The molecule has 0 heterocycles. The number of benzene rings is 1. The van der Waals surface area contributed by atoms with E-state index < -0.39 is 0 Å². The highest BCUT2D eigenvalue weighted by Crippen LogP contribution is 2.09. The molecule has 0 aromatic heterocycles. The fraction of sp³-hybridized carbons (Fsp3) is 0.300. The molecule has 0 atom stereocenters. The molecule has 0 aliphatic heterocycles. The van der Waals surface area contributed by atoms with Gasteiger partial charge >= 0.3 is 0 Å². The molecule has 1 aromatic carbocycles. The molecular weight excluding hydrogens is 184 g/mol. The first kappa shape index (κ1) is 12.0. The standard InChI is InChI=1S/C8H10ClN.C2H3N/c9-8-3-1-7(2-4-8)5-6-10;1-2-3/h1-4H,5-6,10H2;1H3. The summed E-state index contributed by atoms with van der Waals surface area (Å²) in [5.74, 6) is 0. The summed E-state index contributed by atoms with van der Waals surface area (Å²) in [6.07, 6.45) is 0.928. The molecule has 0 amide bonds.